The van der Waals surface area contributed by atoms with Crippen LogP contribution in [-0.2, 0) is 14.3 Å². The summed E-state index contributed by atoms with van der Waals surface area (Å²) in [5.41, 5.74) is 0.639. The van der Waals surface area contributed by atoms with E-state index in [0.717, 1.165) is 4.47 Å². The van der Waals surface area contributed by atoms with Gasteiger partial charge in [0.25, 0.3) is 11.8 Å². The Labute approximate surface area is 183 Å². The van der Waals surface area contributed by atoms with Gasteiger partial charge >= 0.3 is 0 Å². The van der Waals surface area contributed by atoms with Crippen molar-refractivity contribution in [2.75, 3.05) is 37.7 Å². The van der Waals surface area contributed by atoms with Gasteiger partial charge in [0.05, 0.1) is 25.4 Å². The smallest absolute Gasteiger partial charge is 0.268 e. The maximum atomic E-state index is 13.3. The van der Waals surface area contributed by atoms with Gasteiger partial charge in [0, 0.05) is 17.6 Å². The summed E-state index contributed by atoms with van der Waals surface area (Å²) in [6.45, 7) is 3.92. The molecule has 30 heavy (non-hydrogen) atoms. The molecule has 1 saturated heterocycles. The van der Waals surface area contributed by atoms with E-state index in [9.17, 15) is 9.59 Å². The van der Waals surface area contributed by atoms with Crippen molar-refractivity contribution < 1.29 is 23.8 Å². The normalized spacial score (nSPS) is 19.5. The first-order chi connectivity index (χ1) is 14.5. The molecular weight excluding hydrogens is 452 g/mol. The zero-order valence-electron chi connectivity index (χ0n) is 16.6. The standard InChI is InChI=1S/C22H23BrN2O5/c1-15(29-17-8-6-16(23)7-9-17)21(26)25-14-20(22(27)24-10-12-28-13-11-24)30-19-5-3-2-4-18(19)25/h2-9,15,20H,10-14H2,1H3. The van der Waals surface area contributed by atoms with Crippen molar-refractivity contribution in [3.05, 3.63) is 53.0 Å². The molecule has 0 radical (unpaired) electrons. The van der Waals surface area contributed by atoms with Crippen molar-refractivity contribution in [2.24, 2.45) is 0 Å². The maximum absolute atomic E-state index is 13.3. The van der Waals surface area contributed by atoms with E-state index in [1.54, 1.807) is 34.9 Å². The van der Waals surface area contributed by atoms with Crippen LogP contribution in [-0.4, -0.2) is 61.8 Å². The molecule has 1 fully saturated rings. The Balaban J connectivity index is 1.53. The van der Waals surface area contributed by atoms with Gasteiger partial charge in [-0.1, -0.05) is 28.1 Å². The van der Waals surface area contributed by atoms with E-state index in [4.69, 9.17) is 14.2 Å². The number of hydrogen-bond donors (Lipinski definition) is 0. The summed E-state index contributed by atoms with van der Waals surface area (Å²) in [4.78, 5) is 29.6. The summed E-state index contributed by atoms with van der Waals surface area (Å²) >= 11 is 3.39. The molecule has 2 atom stereocenters. The molecule has 0 aromatic heterocycles. The Hall–Kier alpha value is -2.58. The predicted octanol–water partition coefficient (Wildman–Crippen LogP) is 2.87. The third-order valence-electron chi connectivity index (χ3n) is 5.11. The molecule has 7 nitrogen and oxygen atoms in total. The Kier molecular flexibility index (Phi) is 6.24. The number of rotatable bonds is 4. The van der Waals surface area contributed by atoms with Crippen LogP contribution in [0, 0.1) is 0 Å². The minimum atomic E-state index is -0.762. The first kappa shape index (κ1) is 20.7. The molecule has 2 aliphatic rings. The summed E-state index contributed by atoms with van der Waals surface area (Å²) < 4.78 is 18.1. The summed E-state index contributed by atoms with van der Waals surface area (Å²) in [6.07, 6.45) is -1.49. The molecule has 158 valence electrons. The van der Waals surface area contributed by atoms with Gasteiger partial charge < -0.3 is 24.0 Å². The van der Waals surface area contributed by atoms with Crippen LogP contribution in [0.3, 0.4) is 0 Å². The average Bonchev–Trinajstić information content (AvgIpc) is 2.79. The molecule has 2 aromatic rings. The highest BCUT2D eigenvalue weighted by molar-refractivity contribution is 9.10. The van der Waals surface area contributed by atoms with E-state index >= 15 is 0 Å². The number of para-hydroxylation sites is 2. The van der Waals surface area contributed by atoms with Crippen molar-refractivity contribution in [2.45, 2.75) is 19.1 Å². The number of hydrogen-bond acceptors (Lipinski definition) is 5. The van der Waals surface area contributed by atoms with E-state index in [2.05, 4.69) is 15.9 Å². The van der Waals surface area contributed by atoms with Crippen LogP contribution in [0.5, 0.6) is 11.5 Å². The molecular formula is C22H23BrN2O5. The van der Waals surface area contributed by atoms with Gasteiger partial charge in [0.15, 0.2) is 12.2 Å². The first-order valence-electron chi connectivity index (χ1n) is 9.89. The molecule has 2 unspecified atom stereocenters. The van der Waals surface area contributed by atoms with Crippen LogP contribution in [0.25, 0.3) is 0 Å². The fourth-order valence-corrected chi connectivity index (χ4v) is 3.81. The van der Waals surface area contributed by atoms with Gasteiger partial charge in [-0.3, -0.25) is 9.59 Å². The number of carbonyl (C=O) groups excluding carboxylic acids is 2. The zero-order chi connectivity index (χ0) is 21.1. The third-order valence-corrected chi connectivity index (χ3v) is 5.64. The molecule has 2 aromatic carbocycles. The van der Waals surface area contributed by atoms with Crippen LogP contribution in [0.4, 0.5) is 5.69 Å². The Morgan fingerprint density at radius 3 is 2.53 bits per heavy atom. The fraction of sp³-hybridized carbons (Fsp3) is 0.364. The number of nitrogens with zero attached hydrogens (tertiary/aromatic N) is 2. The first-order valence-corrected chi connectivity index (χ1v) is 10.7. The Bertz CT molecular complexity index is 914. The van der Waals surface area contributed by atoms with Crippen LogP contribution in [0.1, 0.15) is 6.92 Å². The fourth-order valence-electron chi connectivity index (χ4n) is 3.55. The molecule has 0 bridgehead atoms. The molecule has 0 spiro atoms. The number of ether oxygens (including phenoxy) is 3. The van der Waals surface area contributed by atoms with E-state index in [1.165, 1.54) is 0 Å². The molecule has 4 rings (SSSR count). The quantitative estimate of drug-likeness (QED) is 0.681. The number of anilines is 1. The lowest BCUT2D eigenvalue weighted by atomic mass is 10.1. The highest BCUT2D eigenvalue weighted by atomic mass is 79.9. The van der Waals surface area contributed by atoms with Crippen LogP contribution in [0.15, 0.2) is 53.0 Å². The molecule has 2 amide bonds. The number of morpholine rings is 1. The van der Waals surface area contributed by atoms with Gasteiger partial charge in [0.1, 0.15) is 11.5 Å². The largest absolute Gasteiger partial charge is 0.481 e. The second-order valence-corrected chi connectivity index (χ2v) is 8.09. The van der Waals surface area contributed by atoms with Gasteiger partial charge in [-0.15, -0.1) is 0 Å². The monoisotopic (exact) mass is 474 g/mol. The van der Waals surface area contributed by atoms with Crippen LogP contribution in [0.2, 0.25) is 0 Å². The van der Waals surface area contributed by atoms with Crippen molar-refractivity contribution in [1.82, 2.24) is 4.90 Å². The number of halogens is 1. The van der Waals surface area contributed by atoms with Crippen molar-refractivity contribution in [3.63, 3.8) is 0 Å². The SMILES string of the molecule is CC(Oc1ccc(Br)cc1)C(=O)N1CC(C(=O)N2CCOCC2)Oc2ccccc21. The Morgan fingerprint density at radius 1 is 1.10 bits per heavy atom. The molecule has 0 N–H and O–H groups in total. The second kappa shape index (κ2) is 9.06. The molecule has 0 saturated carbocycles. The molecule has 2 aliphatic heterocycles. The lowest BCUT2D eigenvalue weighted by molar-refractivity contribution is -0.143. The van der Waals surface area contributed by atoms with Gasteiger partial charge in [-0.25, -0.2) is 0 Å². The van der Waals surface area contributed by atoms with E-state index in [-0.39, 0.29) is 18.4 Å². The topological polar surface area (TPSA) is 68.3 Å². The molecule has 8 heteroatoms. The molecule has 0 aliphatic carbocycles. The number of carbonyl (C=O) groups is 2. The van der Waals surface area contributed by atoms with Crippen molar-refractivity contribution in [1.29, 1.82) is 0 Å². The van der Waals surface area contributed by atoms with Gasteiger partial charge in [-0.2, -0.15) is 0 Å². The summed E-state index contributed by atoms with van der Waals surface area (Å²) in [5.74, 6) is 0.751. The van der Waals surface area contributed by atoms with E-state index in [0.29, 0.717) is 43.5 Å². The van der Waals surface area contributed by atoms with Gasteiger partial charge in [-0.05, 0) is 43.3 Å². The highest BCUT2D eigenvalue weighted by Crippen LogP contribution is 2.34. The summed E-state index contributed by atoms with van der Waals surface area (Å²) in [7, 11) is 0. The number of fused-ring (bicyclic) bond motifs is 1. The van der Waals surface area contributed by atoms with Crippen molar-refractivity contribution >= 4 is 33.4 Å². The highest BCUT2D eigenvalue weighted by Gasteiger charge is 2.38. The summed E-state index contributed by atoms with van der Waals surface area (Å²) in [6, 6.07) is 14.6. The minimum absolute atomic E-state index is 0.132. The lowest BCUT2D eigenvalue weighted by Crippen LogP contribution is -2.55. The number of amides is 2. The predicted molar refractivity (Wildman–Crippen MR) is 115 cm³/mol. The van der Waals surface area contributed by atoms with Gasteiger partial charge in [0.2, 0.25) is 0 Å². The van der Waals surface area contributed by atoms with Crippen LogP contribution >= 0.6 is 15.9 Å². The third kappa shape index (κ3) is 4.44. The minimum Gasteiger partial charge on any atom is -0.481 e. The van der Waals surface area contributed by atoms with E-state index < -0.39 is 12.2 Å². The van der Waals surface area contributed by atoms with Crippen molar-refractivity contribution in [3.8, 4) is 11.5 Å². The second-order valence-electron chi connectivity index (χ2n) is 7.17. The average molecular weight is 475 g/mol. The summed E-state index contributed by atoms with van der Waals surface area (Å²) in [5, 5.41) is 0. The number of benzene rings is 2. The maximum Gasteiger partial charge on any atom is 0.268 e. The Morgan fingerprint density at radius 2 is 1.80 bits per heavy atom. The lowest BCUT2D eigenvalue weighted by Gasteiger charge is -2.38. The molecule has 2 heterocycles. The zero-order valence-corrected chi connectivity index (χ0v) is 18.2. The van der Waals surface area contributed by atoms with Crippen LogP contribution < -0.4 is 14.4 Å². The van der Waals surface area contributed by atoms with E-state index in [1.807, 2.05) is 30.3 Å².